The van der Waals surface area contributed by atoms with E-state index in [1.54, 1.807) is 24.3 Å². The molecule has 0 saturated carbocycles. The van der Waals surface area contributed by atoms with E-state index >= 15 is 0 Å². The zero-order valence-corrected chi connectivity index (χ0v) is 9.21. The van der Waals surface area contributed by atoms with E-state index in [0.29, 0.717) is 0 Å². The third-order valence-corrected chi connectivity index (χ3v) is 2.00. The van der Waals surface area contributed by atoms with E-state index in [9.17, 15) is 0 Å². The molecule has 2 aromatic rings. The SMILES string of the molecule is B#N.Nc1ccc(Oc2ccc(N)cc2)cc1. The molecule has 4 N–H and O–H groups in total. The molecule has 0 radical (unpaired) electrons. The van der Waals surface area contributed by atoms with E-state index in [0.717, 1.165) is 22.9 Å². The molecule has 5 heteroatoms. The number of hydrogen-bond acceptors (Lipinski definition) is 4. The number of ether oxygens (including phenoxy) is 1. The smallest absolute Gasteiger partial charge is 0.127 e. The molecule has 0 aliphatic carbocycles. The number of nitrogens with two attached hydrogens (primary N) is 2. The van der Waals surface area contributed by atoms with E-state index in [-0.39, 0.29) is 0 Å². The third kappa shape index (κ3) is 3.93. The quantitative estimate of drug-likeness (QED) is 0.606. The van der Waals surface area contributed by atoms with Crippen molar-refractivity contribution in [1.29, 1.82) is 5.16 Å². The van der Waals surface area contributed by atoms with Crippen LogP contribution in [0.25, 0.3) is 0 Å². The maximum atomic E-state index is 6.50. The molecule has 0 bridgehead atoms. The summed E-state index contributed by atoms with van der Waals surface area (Å²) in [6, 6.07) is 14.5. The van der Waals surface area contributed by atoms with Crippen LogP contribution < -0.4 is 16.2 Å². The fourth-order valence-electron chi connectivity index (χ4n) is 1.21. The van der Waals surface area contributed by atoms with Gasteiger partial charge >= 0.3 is 12.6 Å². The second kappa shape index (κ2) is 6.25. The summed E-state index contributed by atoms with van der Waals surface area (Å²) in [5.41, 5.74) is 12.6. The molecule has 0 aliphatic heterocycles. The van der Waals surface area contributed by atoms with Crippen LogP contribution in [0.2, 0.25) is 0 Å². The van der Waals surface area contributed by atoms with Gasteiger partial charge in [-0.2, -0.15) is 0 Å². The number of nitrogen functional groups attached to an aromatic ring is 2. The average Bonchev–Trinajstić information content (AvgIpc) is 2.37. The molecule has 17 heavy (non-hydrogen) atoms. The van der Waals surface area contributed by atoms with E-state index in [2.05, 4.69) is 7.49 Å². The maximum absolute atomic E-state index is 6.50. The second-order valence-corrected chi connectivity index (χ2v) is 3.24. The van der Waals surface area contributed by atoms with Crippen LogP contribution in [0.3, 0.4) is 0 Å². The predicted octanol–water partition coefficient (Wildman–Crippen LogP) is 2.28. The standard InChI is InChI=1S/C12H12N2O.BN/c13-9-1-5-11(6-2-9)15-12-7-3-10(14)4-8-12;1-2/h1-8H,13-14H2;. The first-order valence-electron chi connectivity index (χ1n) is 4.89. The molecule has 84 valence electrons. The molecule has 0 saturated heterocycles. The Balaban J connectivity index is 0.000000686. The summed E-state index contributed by atoms with van der Waals surface area (Å²) in [6.45, 7) is 0. The Bertz CT molecular complexity index is 436. The van der Waals surface area contributed by atoms with Gasteiger partial charge in [0.1, 0.15) is 11.5 Å². The Labute approximate surface area is 101 Å². The van der Waals surface area contributed by atoms with Gasteiger partial charge in [-0.3, -0.25) is 0 Å². The van der Waals surface area contributed by atoms with Gasteiger partial charge in [-0.05, 0) is 48.5 Å². The van der Waals surface area contributed by atoms with Crippen molar-refractivity contribution in [3.05, 3.63) is 48.5 Å². The molecule has 2 rings (SSSR count). The second-order valence-electron chi connectivity index (χ2n) is 3.24. The van der Waals surface area contributed by atoms with Gasteiger partial charge in [0, 0.05) is 11.4 Å². The summed E-state index contributed by atoms with van der Waals surface area (Å²) >= 11 is 0. The zero-order chi connectivity index (χ0) is 12.7. The van der Waals surface area contributed by atoms with Crippen LogP contribution in [0.5, 0.6) is 11.5 Å². The Morgan fingerprint density at radius 2 is 1.00 bits per heavy atom. The van der Waals surface area contributed by atoms with Crippen molar-refractivity contribution in [3.63, 3.8) is 0 Å². The van der Waals surface area contributed by atoms with Crippen LogP contribution in [-0.4, -0.2) is 7.49 Å². The average molecular weight is 225 g/mol. The van der Waals surface area contributed by atoms with Crippen molar-refractivity contribution in [2.75, 3.05) is 11.5 Å². The first kappa shape index (κ1) is 12.7. The molecule has 4 nitrogen and oxygen atoms in total. The van der Waals surface area contributed by atoms with Crippen LogP contribution in [0.1, 0.15) is 0 Å². The van der Waals surface area contributed by atoms with Crippen molar-refractivity contribution in [1.82, 2.24) is 0 Å². The van der Waals surface area contributed by atoms with Gasteiger partial charge in [-0.15, -0.1) is 0 Å². The van der Waals surface area contributed by atoms with Crippen molar-refractivity contribution in [2.24, 2.45) is 0 Å². The normalized spacial score (nSPS) is 9.00. The van der Waals surface area contributed by atoms with E-state index in [1.165, 1.54) is 0 Å². The Kier molecular flexibility index (Phi) is 4.66. The van der Waals surface area contributed by atoms with Gasteiger partial charge in [-0.25, -0.2) is 0 Å². The van der Waals surface area contributed by atoms with Crippen molar-refractivity contribution < 1.29 is 4.74 Å². The van der Waals surface area contributed by atoms with Gasteiger partial charge in [0.05, 0.1) is 0 Å². The van der Waals surface area contributed by atoms with Crippen LogP contribution in [0.4, 0.5) is 11.4 Å². The number of nitrogens with zero attached hydrogens (tertiary/aromatic N) is 1. The van der Waals surface area contributed by atoms with Gasteiger partial charge in [0.2, 0.25) is 0 Å². The minimum absolute atomic E-state index is 0.722. The monoisotopic (exact) mass is 225 g/mol. The largest absolute Gasteiger partial charge is 0.457 e. The molecule has 0 aromatic heterocycles. The number of hydrogen-bond donors (Lipinski definition) is 2. The maximum Gasteiger partial charge on any atom is 0.127 e. The van der Waals surface area contributed by atoms with Gasteiger partial charge in [0.15, 0.2) is 0 Å². The van der Waals surface area contributed by atoms with Crippen molar-refractivity contribution >= 4 is 18.9 Å². The first-order chi connectivity index (χ1) is 8.24. The predicted molar refractivity (Wildman–Crippen MR) is 69.3 cm³/mol. The van der Waals surface area contributed by atoms with Gasteiger partial charge in [-0.1, -0.05) is 0 Å². The fourth-order valence-corrected chi connectivity index (χ4v) is 1.21. The number of benzene rings is 2. The first-order valence-corrected chi connectivity index (χ1v) is 4.89. The minimum Gasteiger partial charge on any atom is -0.457 e. The van der Waals surface area contributed by atoms with Crippen LogP contribution in [-0.2, 0) is 0 Å². The summed E-state index contributed by atoms with van der Waals surface area (Å²) in [6.07, 6.45) is 0. The molecule has 0 fully saturated rings. The summed E-state index contributed by atoms with van der Waals surface area (Å²) in [4.78, 5) is 0. The van der Waals surface area contributed by atoms with Crippen LogP contribution in [0, 0.1) is 5.16 Å². The van der Waals surface area contributed by atoms with Crippen molar-refractivity contribution in [3.8, 4) is 11.5 Å². The molecule has 2 aromatic carbocycles. The number of anilines is 2. The Morgan fingerprint density at radius 1 is 0.706 bits per heavy atom. The summed E-state index contributed by atoms with van der Waals surface area (Å²) in [5, 5.41) is 6.50. The summed E-state index contributed by atoms with van der Waals surface area (Å²) in [5.74, 6) is 1.52. The van der Waals surface area contributed by atoms with Crippen LogP contribution in [0.15, 0.2) is 48.5 Å². The molecule has 0 heterocycles. The molecule has 0 spiro atoms. The Morgan fingerprint density at radius 3 is 1.29 bits per heavy atom. The number of rotatable bonds is 2. The van der Waals surface area contributed by atoms with E-state index in [1.807, 2.05) is 24.3 Å². The summed E-state index contributed by atoms with van der Waals surface area (Å²) in [7, 11) is 3.50. The molecule has 0 atom stereocenters. The molecule has 0 amide bonds. The van der Waals surface area contributed by atoms with Crippen molar-refractivity contribution in [2.45, 2.75) is 0 Å². The van der Waals surface area contributed by atoms with Crippen LogP contribution >= 0.6 is 0 Å². The third-order valence-electron chi connectivity index (χ3n) is 2.00. The zero-order valence-electron chi connectivity index (χ0n) is 9.21. The van der Waals surface area contributed by atoms with Gasteiger partial charge < -0.3 is 16.2 Å². The molecule has 0 aliphatic rings. The molecular formula is C12H12BN3O. The topological polar surface area (TPSA) is 85.1 Å². The molecular weight excluding hydrogens is 213 g/mol. The molecule has 0 unspecified atom stereocenters. The Hall–Kier alpha value is -2.39. The fraction of sp³-hybridized carbons (Fsp3) is 0. The minimum atomic E-state index is 0.722. The van der Waals surface area contributed by atoms with E-state index in [4.69, 9.17) is 21.4 Å². The van der Waals surface area contributed by atoms with Gasteiger partial charge in [0.25, 0.3) is 0 Å². The van der Waals surface area contributed by atoms with E-state index < -0.39 is 0 Å². The summed E-state index contributed by atoms with van der Waals surface area (Å²) < 4.78 is 5.58.